The molecule has 0 aliphatic carbocycles. The normalized spacial score (nSPS) is 15.6. The summed E-state index contributed by atoms with van der Waals surface area (Å²) in [6.45, 7) is 5.22. The molecule has 0 saturated carbocycles. The van der Waals surface area contributed by atoms with Gasteiger partial charge in [0.25, 0.3) is 0 Å². The van der Waals surface area contributed by atoms with E-state index in [1.807, 2.05) is 0 Å². The maximum Gasteiger partial charge on any atom is 0.104 e. The maximum absolute atomic E-state index is 9.55. The zero-order valence-corrected chi connectivity index (χ0v) is 12.9. The number of hydrogen-bond donors (Lipinski definition) is 2. The first-order valence-electron chi connectivity index (χ1n) is 6.86. The smallest absolute Gasteiger partial charge is 0.104 e. The molecular formula is C14H28O7. The Morgan fingerprint density at radius 2 is 1.43 bits per heavy atom. The molecule has 0 aromatic carbocycles. The van der Waals surface area contributed by atoms with Gasteiger partial charge >= 0.3 is 0 Å². The average Bonchev–Trinajstić information content (AvgIpc) is 2.45. The van der Waals surface area contributed by atoms with E-state index in [1.165, 1.54) is 14.2 Å². The van der Waals surface area contributed by atoms with Crippen molar-refractivity contribution in [2.24, 2.45) is 0 Å². The minimum atomic E-state index is -0.698. The highest BCUT2D eigenvalue weighted by Crippen LogP contribution is 1.99. The molecule has 0 radical (unpaired) electrons. The molecule has 3 unspecified atom stereocenters. The average molecular weight is 308 g/mol. The van der Waals surface area contributed by atoms with Crippen LogP contribution in [0.25, 0.3) is 0 Å². The molecule has 0 amide bonds. The topological polar surface area (TPSA) is 86.6 Å². The van der Waals surface area contributed by atoms with E-state index in [0.29, 0.717) is 13.2 Å². The Hall–Kier alpha value is -0.540. The second-order valence-corrected chi connectivity index (χ2v) is 4.54. The fourth-order valence-electron chi connectivity index (χ4n) is 1.49. The quantitative estimate of drug-likeness (QED) is 0.314. The van der Waals surface area contributed by atoms with Crippen LogP contribution < -0.4 is 0 Å². The second kappa shape index (κ2) is 14.4. The third-order valence-electron chi connectivity index (χ3n) is 2.40. The molecule has 0 aromatic heterocycles. The molecular weight excluding hydrogens is 280 g/mol. The number of methoxy groups -OCH3 is 2. The fraction of sp³-hybridized carbons (Fsp3) is 0.857. The molecule has 0 aliphatic heterocycles. The molecule has 7 nitrogen and oxygen atoms in total. The summed E-state index contributed by atoms with van der Waals surface area (Å²) >= 11 is 0. The van der Waals surface area contributed by atoms with Crippen molar-refractivity contribution in [3.05, 3.63) is 12.7 Å². The van der Waals surface area contributed by atoms with Crippen LogP contribution in [0.1, 0.15) is 0 Å². The molecule has 3 atom stereocenters. The monoisotopic (exact) mass is 308 g/mol. The summed E-state index contributed by atoms with van der Waals surface area (Å²) in [4.78, 5) is 0. The van der Waals surface area contributed by atoms with Crippen LogP contribution in [0.5, 0.6) is 0 Å². The highest BCUT2D eigenvalue weighted by atomic mass is 16.6. The van der Waals surface area contributed by atoms with Crippen LogP contribution in [-0.2, 0) is 23.7 Å². The third-order valence-corrected chi connectivity index (χ3v) is 2.40. The zero-order chi connectivity index (χ0) is 15.9. The van der Waals surface area contributed by atoms with Gasteiger partial charge in [0.05, 0.1) is 46.2 Å². The molecule has 126 valence electrons. The predicted octanol–water partition coefficient (Wildman–Crippen LogP) is -0.395. The molecule has 0 bridgehead atoms. The maximum atomic E-state index is 9.55. The highest BCUT2D eigenvalue weighted by molar-refractivity contribution is 4.66. The summed E-state index contributed by atoms with van der Waals surface area (Å²) in [6, 6.07) is 0. The molecule has 0 rings (SSSR count). The van der Waals surface area contributed by atoms with Crippen molar-refractivity contribution in [2.75, 3.05) is 60.5 Å². The number of rotatable bonds is 15. The number of aliphatic hydroxyl groups is 2. The Kier molecular flexibility index (Phi) is 14.0. The lowest BCUT2D eigenvalue weighted by atomic mass is 10.3. The van der Waals surface area contributed by atoms with Crippen LogP contribution >= 0.6 is 0 Å². The lowest BCUT2D eigenvalue weighted by molar-refractivity contribution is -0.0981. The van der Waals surface area contributed by atoms with E-state index >= 15 is 0 Å². The van der Waals surface area contributed by atoms with Crippen molar-refractivity contribution in [3.63, 3.8) is 0 Å². The van der Waals surface area contributed by atoms with E-state index < -0.39 is 12.2 Å². The number of hydrogen-bond acceptors (Lipinski definition) is 7. The Bertz CT molecular complexity index is 237. The molecule has 2 N–H and O–H groups in total. The van der Waals surface area contributed by atoms with Crippen molar-refractivity contribution in [1.29, 1.82) is 0 Å². The SMILES string of the molecule is C=CCOCC(COCC(O)COC)OCC(O)COC. The summed E-state index contributed by atoms with van der Waals surface area (Å²) in [7, 11) is 3.02. The van der Waals surface area contributed by atoms with E-state index in [1.54, 1.807) is 6.08 Å². The van der Waals surface area contributed by atoms with Crippen LogP contribution in [0.15, 0.2) is 12.7 Å². The van der Waals surface area contributed by atoms with Gasteiger partial charge in [0.1, 0.15) is 18.3 Å². The minimum Gasteiger partial charge on any atom is -0.388 e. The fourth-order valence-corrected chi connectivity index (χ4v) is 1.49. The Labute approximate surface area is 126 Å². The first-order chi connectivity index (χ1) is 10.1. The second-order valence-electron chi connectivity index (χ2n) is 4.54. The van der Waals surface area contributed by atoms with Crippen molar-refractivity contribution in [3.8, 4) is 0 Å². The molecule has 21 heavy (non-hydrogen) atoms. The molecule has 0 aromatic rings. The number of aliphatic hydroxyl groups excluding tert-OH is 2. The molecule has 0 fully saturated rings. The number of ether oxygens (including phenoxy) is 5. The summed E-state index contributed by atoms with van der Waals surface area (Å²) in [6.07, 6.45) is -0.0777. The van der Waals surface area contributed by atoms with Crippen LogP contribution in [0.3, 0.4) is 0 Å². The largest absolute Gasteiger partial charge is 0.388 e. The van der Waals surface area contributed by atoms with Crippen LogP contribution in [0.4, 0.5) is 0 Å². The van der Waals surface area contributed by atoms with E-state index in [4.69, 9.17) is 23.7 Å². The van der Waals surface area contributed by atoms with E-state index in [-0.39, 0.29) is 39.1 Å². The first kappa shape index (κ1) is 20.5. The van der Waals surface area contributed by atoms with E-state index in [2.05, 4.69) is 6.58 Å². The molecule has 7 heteroatoms. The Balaban J connectivity index is 3.97. The van der Waals surface area contributed by atoms with Crippen molar-refractivity contribution in [2.45, 2.75) is 18.3 Å². The Morgan fingerprint density at radius 3 is 2.00 bits per heavy atom. The summed E-state index contributed by atoms with van der Waals surface area (Å²) in [5.41, 5.74) is 0. The highest BCUT2D eigenvalue weighted by Gasteiger charge is 2.14. The zero-order valence-electron chi connectivity index (χ0n) is 12.9. The van der Waals surface area contributed by atoms with Crippen LogP contribution in [0, 0.1) is 0 Å². The van der Waals surface area contributed by atoms with Gasteiger partial charge < -0.3 is 33.9 Å². The Morgan fingerprint density at radius 1 is 0.857 bits per heavy atom. The summed E-state index contributed by atoms with van der Waals surface area (Å²) < 4.78 is 25.8. The van der Waals surface area contributed by atoms with E-state index in [9.17, 15) is 10.2 Å². The molecule has 0 heterocycles. The molecule has 0 saturated heterocycles. The van der Waals surface area contributed by atoms with Crippen molar-refractivity contribution in [1.82, 2.24) is 0 Å². The van der Waals surface area contributed by atoms with Gasteiger partial charge in [-0.2, -0.15) is 0 Å². The lowest BCUT2D eigenvalue weighted by Crippen LogP contribution is -2.32. The van der Waals surface area contributed by atoms with Crippen LogP contribution in [0.2, 0.25) is 0 Å². The van der Waals surface area contributed by atoms with E-state index in [0.717, 1.165) is 0 Å². The van der Waals surface area contributed by atoms with Crippen LogP contribution in [-0.4, -0.2) is 89.0 Å². The van der Waals surface area contributed by atoms with Crippen molar-refractivity contribution >= 4 is 0 Å². The summed E-state index contributed by atoms with van der Waals surface area (Å²) in [5.74, 6) is 0. The molecule has 0 aliphatic rings. The lowest BCUT2D eigenvalue weighted by Gasteiger charge is -2.20. The molecule has 0 spiro atoms. The van der Waals surface area contributed by atoms with Gasteiger partial charge in [0, 0.05) is 14.2 Å². The van der Waals surface area contributed by atoms with Gasteiger partial charge in [-0.1, -0.05) is 6.08 Å². The minimum absolute atomic E-state index is 0.125. The van der Waals surface area contributed by atoms with Gasteiger partial charge in [-0.05, 0) is 0 Å². The van der Waals surface area contributed by atoms with Gasteiger partial charge in [-0.25, -0.2) is 0 Å². The summed E-state index contributed by atoms with van der Waals surface area (Å²) in [5, 5.41) is 19.0. The standard InChI is InChI=1S/C14H28O7/c1-4-5-19-10-14(21-9-13(16)7-18-3)11-20-8-12(15)6-17-2/h4,12-16H,1,5-11H2,2-3H3. The van der Waals surface area contributed by atoms with Gasteiger partial charge in [-0.3, -0.25) is 0 Å². The third kappa shape index (κ3) is 12.9. The van der Waals surface area contributed by atoms with Gasteiger partial charge in [-0.15, -0.1) is 6.58 Å². The van der Waals surface area contributed by atoms with Crippen molar-refractivity contribution < 1.29 is 33.9 Å². The first-order valence-corrected chi connectivity index (χ1v) is 6.86. The van der Waals surface area contributed by atoms with Gasteiger partial charge in [0.15, 0.2) is 0 Å². The van der Waals surface area contributed by atoms with Gasteiger partial charge in [0.2, 0.25) is 0 Å². The predicted molar refractivity (Wildman–Crippen MR) is 77.3 cm³/mol.